The number of piperazine rings is 1. The second-order valence-electron chi connectivity index (χ2n) is 8.17. The number of fused-ring (bicyclic) bond motifs is 3. The number of para-hydroxylation sites is 1. The highest BCUT2D eigenvalue weighted by molar-refractivity contribution is 5.82. The van der Waals surface area contributed by atoms with Gasteiger partial charge in [0.1, 0.15) is 5.75 Å². The molecule has 2 aromatic rings. The van der Waals surface area contributed by atoms with Gasteiger partial charge in [-0.3, -0.25) is 4.79 Å². The second kappa shape index (κ2) is 8.36. The molecule has 2 aromatic carbocycles. The molecule has 4 rings (SSSR count). The molecule has 1 amide bonds. The number of anilines is 2. The molecule has 0 spiro atoms. The van der Waals surface area contributed by atoms with E-state index in [0.717, 1.165) is 38.2 Å². The number of ether oxygens (including phenoxy) is 1. The van der Waals surface area contributed by atoms with Gasteiger partial charge in [-0.1, -0.05) is 31.2 Å². The van der Waals surface area contributed by atoms with Crippen molar-refractivity contribution in [3.63, 3.8) is 0 Å². The first-order valence-corrected chi connectivity index (χ1v) is 10.6. The van der Waals surface area contributed by atoms with Gasteiger partial charge >= 0.3 is 0 Å². The Labute approximate surface area is 173 Å². The Balaban J connectivity index is 1.66. The van der Waals surface area contributed by atoms with Gasteiger partial charge in [0, 0.05) is 43.1 Å². The van der Waals surface area contributed by atoms with Crippen molar-refractivity contribution in [1.82, 2.24) is 5.32 Å². The summed E-state index contributed by atoms with van der Waals surface area (Å²) >= 11 is 0. The predicted molar refractivity (Wildman–Crippen MR) is 118 cm³/mol. The Kier molecular flexibility index (Phi) is 5.65. The number of benzene rings is 2. The maximum absolute atomic E-state index is 13.2. The van der Waals surface area contributed by atoms with Crippen LogP contribution in [0.15, 0.2) is 48.5 Å². The molecule has 0 unspecified atom stereocenters. The molecule has 154 valence electrons. The first-order chi connectivity index (χ1) is 14.1. The average Bonchev–Trinajstić information content (AvgIpc) is 2.78. The van der Waals surface area contributed by atoms with Gasteiger partial charge in [0.15, 0.2) is 0 Å². The topological polar surface area (TPSA) is 44.8 Å². The van der Waals surface area contributed by atoms with E-state index in [0.29, 0.717) is 0 Å². The summed E-state index contributed by atoms with van der Waals surface area (Å²) in [5, 5.41) is 3.23. The summed E-state index contributed by atoms with van der Waals surface area (Å²) in [6, 6.07) is 17.1. The highest BCUT2D eigenvalue weighted by atomic mass is 16.5. The largest absolute Gasteiger partial charge is 0.497 e. The lowest BCUT2D eigenvalue weighted by Gasteiger charge is -2.49. The van der Waals surface area contributed by atoms with Crippen LogP contribution in [-0.4, -0.2) is 44.7 Å². The van der Waals surface area contributed by atoms with Gasteiger partial charge in [-0.15, -0.1) is 0 Å². The van der Waals surface area contributed by atoms with Crippen molar-refractivity contribution >= 4 is 17.3 Å². The standard InChI is InChI=1S/C24H31N3O2/c1-4-17(2)25-24(28)21-14-18-10-11-20(29-3)15-22(18)27-13-12-26(16-23(21)27)19-8-6-5-7-9-19/h5-11,15,17,21,23H,4,12-14,16H2,1-3H3,(H,25,28)/t17-,21+,23-/m0/s1. The fraction of sp³-hybridized carbons (Fsp3) is 0.458. The van der Waals surface area contributed by atoms with E-state index < -0.39 is 0 Å². The molecule has 0 bridgehead atoms. The maximum Gasteiger partial charge on any atom is 0.225 e. The number of methoxy groups -OCH3 is 1. The van der Waals surface area contributed by atoms with Gasteiger partial charge in [0.2, 0.25) is 5.91 Å². The molecule has 1 fully saturated rings. The predicted octanol–water partition coefficient (Wildman–Crippen LogP) is 3.48. The van der Waals surface area contributed by atoms with Gasteiger partial charge < -0.3 is 19.9 Å². The van der Waals surface area contributed by atoms with Crippen molar-refractivity contribution in [1.29, 1.82) is 0 Å². The average molecular weight is 394 g/mol. The lowest BCUT2D eigenvalue weighted by atomic mass is 9.83. The lowest BCUT2D eigenvalue weighted by molar-refractivity contribution is -0.126. The van der Waals surface area contributed by atoms with Crippen molar-refractivity contribution in [2.75, 3.05) is 36.5 Å². The number of amides is 1. The number of hydrogen-bond donors (Lipinski definition) is 1. The van der Waals surface area contributed by atoms with Gasteiger partial charge in [-0.25, -0.2) is 0 Å². The lowest BCUT2D eigenvalue weighted by Crippen LogP contribution is -2.61. The molecular weight excluding hydrogens is 362 g/mol. The number of rotatable bonds is 5. The quantitative estimate of drug-likeness (QED) is 0.845. The molecule has 5 heteroatoms. The first-order valence-electron chi connectivity index (χ1n) is 10.6. The van der Waals surface area contributed by atoms with Gasteiger partial charge in [-0.2, -0.15) is 0 Å². The van der Waals surface area contributed by atoms with E-state index in [1.54, 1.807) is 7.11 Å². The maximum atomic E-state index is 13.2. The summed E-state index contributed by atoms with van der Waals surface area (Å²) < 4.78 is 5.48. The highest BCUT2D eigenvalue weighted by Gasteiger charge is 2.41. The zero-order valence-electron chi connectivity index (χ0n) is 17.6. The third-order valence-electron chi connectivity index (χ3n) is 6.38. The Hall–Kier alpha value is -2.69. The fourth-order valence-corrected chi connectivity index (χ4v) is 4.53. The summed E-state index contributed by atoms with van der Waals surface area (Å²) in [6.07, 6.45) is 1.71. The Morgan fingerprint density at radius 2 is 2.00 bits per heavy atom. The minimum atomic E-state index is -0.0589. The molecule has 5 nitrogen and oxygen atoms in total. The Morgan fingerprint density at radius 1 is 1.21 bits per heavy atom. The second-order valence-corrected chi connectivity index (χ2v) is 8.17. The van der Waals surface area contributed by atoms with E-state index in [2.05, 4.69) is 65.4 Å². The summed E-state index contributed by atoms with van der Waals surface area (Å²) in [6.45, 7) is 6.87. The zero-order valence-corrected chi connectivity index (χ0v) is 17.6. The van der Waals surface area contributed by atoms with Gasteiger partial charge in [-0.05, 0) is 43.5 Å². The van der Waals surface area contributed by atoms with E-state index in [9.17, 15) is 4.79 Å². The first kappa shape index (κ1) is 19.6. The van der Waals surface area contributed by atoms with Crippen LogP contribution in [0, 0.1) is 5.92 Å². The van der Waals surface area contributed by atoms with Crippen LogP contribution < -0.4 is 19.9 Å². The molecule has 0 saturated carbocycles. The zero-order chi connectivity index (χ0) is 20.4. The van der Waals surface area contributed by atoms with Crippen LogP contribution in [0.1, 0.15) is 25.8 Å². The summed E-state index contributed by atoms with van der Waals surface area (Å²) in [4.78, 5) is 18.1. The molecule has 2 aliphatic heterocycles. The molecule has 0 aliphatic carbocycles. The van der Waals surface area contributed by atoms with Crippen LogP contribution in [-0.2, 0) is 11.2 Å². The molecule has 1 N–H and O–H groups in total. The van der Waals surface area contributed by atoms with E-state index in [4.69, 9.17) is 4.74 Å². The number of nitrogens with one attached hydrogen (secondary N) is 1. The van der Waals surface area contributed by atoms with E-state index in [1.807, 2.05) is 12.1 Å². The Bertz CT molecular complexity index is 854. The van der Waals surface area contributed by atoms with Crippen molar-refractivity contribution < 1.29 is 9.53 Å². The summed E-state index contributed by atoms with van der Waals surface area (Å²) in [5.41, 5.74) is 3.68. The fourth-order valence-electron chi connectivity index (χ4n) is 4.53. The van der Waals surface area contributed by atoms with Crippen molar-refractivity contribution in [2.24, 2.45) is 5.92 Å². The monoisotopic (exact) mass is 393 g/mol. The summed E-state index contributed by atoms with van der Waals surface area (Å²) in [5.74, 6) is 0.984. The van der Waals surface area contributed by atoms with Crippen molar-refractivity contribution in [2.45, 2.75) is 38.8 Å². The smallest absolute Gasteiger partial charge is 0.225 e. The van der Waals surface area contributed by atoms with Crippen LogP contribution in [0.5, 0.6) is 5.75 Å². The van der Waals surface area contributed by atoms with Crippen LogP contribution in [0.2, 0.25) is 0 Å². The number of carbonyl (C=O) groups excluding carboxylic acids is 1. The third kappa shape index (κ3) is 3.91. The van der Waals surface area contributed by atoms with Crippen LogP contribution >= 0.6 is 0 Å². The Morgan fingerprint density at radius 3 is 2.72 bits per heavy atom. The normalized spacial score (nSPS) is 21.8. The van der Waals surface area contributed by atoms with Crippen LogP contribution in [0.25, 0.3) is 0 Å². The molecule has 0 aromatic heterocycles. The molecule has 29 heavy (non-hydrogen) atoms. The van der Waals surface area contributed by atoms with E-state index >= 15 is 0 Å². The molecule has 2 heterocycles. The van der Waals surface area contributed by atoms with Crippen LogP contribution in [0.4, 0.5) is 11.4 Å². The van der Waals surface area contributed by atoms with E-state index in [-0.39, 0.29) is 23.9 Å². The molecule has 1 saturated heterocycles. The van der Waals surface area contributed by atoms with Gasteiger partial charge in [0.25, 0.3) is 0 Å². The molecular formula is C24H31N3O2. The summed E-state index contributed by atoms with van der Waals surface area (Å²) in [7, 11) is 1.71. The van der Waals surface area contributed by atoms with Crippen LogP contribution in [0.3, 0.4) is 0 Å². The number of carbonyl (C=O) groups is 1. The van der Waals surface area contributed by atoms with E-state index in [1.165, 1.54) is 16.9 Å². The molecule has 2 aliphatic rings. The SMILES string of the molecule is CC[C@H](C)NC(=O)[C@@H]1Cc2ccc(OC)cc2N2CCN(c3ccccc3)C[C@@H]12. The minimum absolute atomic E-state index is 0.0589. The third-order valence-corrected chi connectivity index (χ3v) is 6.38. The minimum Gasteiger partial charge on any atom is -0.497 e. The van der Waals surface area contributed by atoms with Crippen molar-refractivity contribution in [3.05, 3.63) is 54.1 Å². The highest BCUT2D eigenvalue weighted by Crippen LogP contribution is 2.39. The molecule has 0 radical (unpaired) electrons. The number of nitrogens with zero attached hydrogens (tertiary/aromatic N) is 2. The van der Waals surface area contributed by atoms with Gasteiger partial charge in [0.05, 0.1) is 19.1 Å². The molecule has 3 atom stereocenters. The van der Waals surface area contributed by atoms with Crippen molar-refractivity contribution in [3.8, 4) is 5.75 Å². The number of hydrogen-bond acceptors (Lipinski definition) is 4.